The first kappa shape index (κ1) is 14.8. The van der Waals surface area contributed by atoms with Gasteiger partial charge >= 0.3 is 0 Å². The monoisotopic (exact) mass is 294 g/mol. The van der Waals surface area contributed by atoms with Gasteiger partial charge in [-0.3, -0.25) is 14.5 Å². The lowest BCUT2D eigenvalue weighted by molar-refractivity contribution is -0.757. The Morgan fingerprint density at radius 1 is 1.24 bits per heavy atom. The van der Waals surface area contributed by atoms with E-state index in [1.165, 1.54) is 6.07 Å². The predicted octanol–water partition coefficient (Wildman–Crippen LogP) is 1.28. The highest BCUT2D eigenvalue weighted by atomic mass is 16.9. The first-order valence-electron chi connectivity index (χ1n) is 6.45. The van der Waals surface area contributed by atoms with Crippen molar-refractivity contribution in [2.45, 2.75) is 13.3 Å². The van der Waals surface area contributed by atoms with Crippen LogP contribution in [0.15, 0.2) is 18.2 Å². The fraction of sp³-hybridized carbons (Fsp3) is 0.385. The molecule has 8 heteroatoms. The summed E-state index contributed by atoms with van der Waals surface area (Å²) in [6, 6.07) is 4.72. The molecule has 0 unspecified atom stereocenters. The normalized spacial score (nSPS) is 13.3. The molecule has 0 saturated carbocycles. The Balaban J connectivity index is 2.05. The molecule has 0 N–H and O–H groups in total. The Bertz CT molecular complexity index is 586. The highest BCUT2D eigenvalue weighted by Crippen LogP contribution is 2.26. The molecule has 1 heterocycles. The Labute approximate surface area is 120 Å². The summed E-state index contributed by atoms with van der Waals surface area (Å²) in [5.74, 6) is -0.298. The van der Waals surface area contributed by atoms with Gasteiger partial charge in [0.05, 0.1) is 24.3 Å². The number of rotatable bonds is 7. The van der Waals surface area contributed by atoms with Crippen molar-refractivity contribution < 1.29 is 24.3 Å². The van der Waals surface area contributed by atoms with E-state index in [0.29, 0.717) is 23.5 Å². The second-order valence-corrected chi connectivity index (χ2v) is 4.31. The summed E-state index contributed by atoms with van der Waals surface area (Å²) in [4.78, 5) is 39.5. The maximum atomic E-state index is 12.2. The van der Waals surface area contributed by atoms with E-state index in [4.69, 9.17) is 4.74 Å². The third-order valence-electron chi connectivity index (χ3n) is 2.98. The molecule has 21 heavy (non-hydrogen) atoms. The zero-order valence-electron chi connectivity index (χ0n) is 11.4. The van der Waals surface area contributed by atoms with Gasteiger partial charge in [0.2, 0.25) is 0 Å². The summed E-state index contributed by atoms with van der Waals surface area (Å²) >= 11 is 0. The minimum atomic E-state index is -0.906. The molecule has 1 aliphatic rings. The van der Waals surface area contributed by atoms with Gasteiger partial charge in [-0.1, -0.05) is 0 Å². The lowest BCUT2D eigenvalue weighted by Crippen LogP contribution is -2.31. The number of benzene rings is 1. The maximum absolute atomic E-state index is 12.2. The van der Waals surface area contributed by atoms with Crippen molar-refractivity contribution in [1.82, 2.24) is 4.90 Å². The predicted molar refractivity (Wildman–Crippen MR) is 70.5 cm³/mol. The van der Waals surface area contributed by atoms with Crippen LogP contribution in [-0.4, -0.2) is 41.6 Å². The highest BCUT2D eigenvalue weighted by Gasteiger charge is 2.35. The second-order valence-electron chi connectivity index (χ2n) is 4.31. The SMILES string of the molecule is CCOc1ccc2c(c1)C(=O)N(CCCO[N+](=O)[O-])C2=O. The topological polar surface area (TPSA) is 99.0 Å². The lowest BCUT2D eigenvalue weighted by atomic mass is 10.1. The van der Waals surface area contributed by atoms with E-state index in [0.717, 1.165) is 4.90 Å². The van der Waals surface area contributed by atoms with Crippen LogP contribution in [-0.2, 0) is 4.84 Å². The van der Waals surface area contributed by atoms with Crippen LogP contribution in [0, 0.1) is 10.1 Å². The molecule has 0 bridgehead atoms. The average molecular weight is 294 g/mol. The van der Waals surface area contributed by atoms with Crippen molar-refractivity contribution in [3.63, 3.8) is 0 Å². The van der Waals surface area contributed by atoms with E-state index in [2.05, 4.69) is 4.84 Å². The van der Waals surface area contributed by atoms with Gasteiger partial charge in [0.1, 0.15) is 5.75 Å². The zero-order chi connectivity index (χ0) is 15.4. The third-order valence-corrected chi connectivity index (χ3v) is 2.98. The van der Waals surface area contributed by atoms with Gasteiger partial charge in [-0.2, -0.15) is 0 Å². The number of ether oxygens (including phenoxy) is 1. The molecule has 112 valence electrons. The molecule has 0 aromatic heterocycles. The fourth-order valence-corrected chi connectivity index (χ4v) is 2.09. The van der Waals surface area contributed by atoms with E-state index >= 15 is 0 Å². The summed E-state index contributed by atoms with van der Waals surface area (Å²) in [5, 5.41) is 9.12. The minimum absolute atomic E-state index is 0.0736. The summed E-state index contributed by atoms with van der Waals surface area (Å²) in [7, 11) is 0. The van der Waals surface area contributed by atoms with Crippen LogP contribution in [0.2, 0.25) is 0 Å². The summed E-state index contributed by atoms with van der Waals surface area (Å²) in [6.45, 7) is 2.19. The smallest absolute Gasteiger partial charge is 0.294 e. The number of hydrogen-bond donors (Lipinski definition) is 0. The summed E-state index contributed by atoms with van der Waals surface area (Å²) in [5.41, 5.74) is 0.611. The average Bonchev–Trinajstić information content (AvgIpc) is 2.68. The van der Waals surface area contributed by atoms with Gasteiger partial charge in [-0.25, -0.2) is 0 Å². The minimum Gasteiger partial charge on any atom is -0.494 e. The number of fused-ring (bicyclic) bond motifs is 1. The molecule has 1 aromatic rings. The molecule has 8 nitrogen and oxygen atoms in total. The number of hydrogen-bond acceptors (Lipinski definition) is 6. The molecule has 0 saturated heterocycles. The van der Waals surface area contributed by atoms with Crippen LogP contribution in [0.4, 0.5) is 0 Å². The molecular formula is C13H14N2O6. The quantitative estimate of drug-likeness (QED) is 0.325. The Hall–Kier alpha value is -2.64. The zero-order valence-corrected chi connectivity index (χ0v) is 11.4. The van der Waals surface area contributed by atoms with Crippen LogP contribution >= 0.6 is 0 Å². The number of nitrogens with zero attached hydrogens (tertiary/aromatic N) is 2. The molecule has 0 aliphatic carbocycles. The van der Waals surface area contributed by atoms with Crippen molar-refractivity contribution >= 4 is 11.8 Å². The highest BCUT2D eigenvalue weighted by molar-refractivity contribution is 6.21. The molecule has 1 aliphatic heterocycles. The van der Waals surface area contributed by atoms with Crippen molar-refractivity contribution in [1.29, 1.82) is 0 Å². The van der Waals surface area contributed by atoms with Crippen molar-refractivity contribution in [3.8, 4) is 5.75 Å². The van der Waals surface area contributed by atoms with Crippen LogP contribution in [0.25, 0.3) is 0 Å². The van der Waals surface area contributed by atoms with Gasteiger partial charge in [0.25, 0.3) is 16.9 Å². The molecule has 0 spiro atoms. The number of carbonyl (C=O) groups excluding carboxylic acids is 2. The molecule has 0 radical (unpaired) electrons. The fourth-order valence-electron chi connectivity index (χ4n) is 2.09. The van der Waals surface area contributed by atoms with Crippen molar-refractivity contribution in [2.24, 2.45) is 0 Å². The number of imide groups is 1. The van der Waals surface area contributed by atoms with Crippen molar-refractivity contribution in [2.75, 3.05) is 19.8 Å². The maximum Gasteiger partial charge on any atom is 0.294 e. The number of amides is 2. The van der Waals surface area contributed by atoms with Gasteiger partial charge in [0, 0.05) is 6.54 Å². The Kier molecular flexibility index (Phi) is 4.36. The molecule has 2 amide bonds. The summed E-state index contributed by atoms with van der Waals surface area (Å²) < 4.78 is 5.30. The molecule has 0 atom stereocenters. The lowest BCUT2D eigenvalue weighted by Gasteiger charge is -2.12. The van der Waals surface area contributed by atoms with Crippen LogP contribution in [0.5, 0.6) is 5.75 Å². The van der Waals surface area contributed by atoms with Crippen molar-refractivity contribution in [3.05, 3.63) is 39.4 Å². The molecule has 2 rings (SSSR count). The molecular weight excluding hydrogens is 280 g/mol. The van der Waals surface area contributed by atoms with E-state index < -0.39 is 16.9 Å². The molecule has 0 fully saturated rings. The van der Waals surface area contributed by atoms with Gasteiger partial charge in [-0.05, 0) is 31.5 Å². The number of carbonyl (C=O) groups is 2. The largest absolute Gasteiger partial charge is 0.494 e. The van der Waals surface area contributed by atoms with Gasteiger partial charge < -0.3 is 9.57 Å². The standard InChI is InChI=1S/C13H14N2O6/c1-2-20-9-4-5-10-11(8-9)13(17)14(12(10)16)6-3-7-21-15(18)19/h4-5,8H,2-3,6-7H2,1H3. The molecule has 1 aromatic carbocycles. The van der Waals surface area contributed by atoms with E-state index in [1.54, 1.807) is 12.1 Å². The van der Waals surface area contributed by atoms with E-state index in [-0.39, 0.29) is 19.6 Å². The van der Waals surface area contributed by atoms with E-state index in [9.17, 15) is 19.7 Å². The van der Waals surface area contributed by atoms with Gasteiger partial charge in [0.15, 0.2) is 0 Å². The second kappa shape index (κ2) is 6.21. The Morgan fingerprint density at radius 2 is 1.95 bits per heavy atom. The first-order valence-corrected chi connectivity index (χ1v) is 6.45. The Morgan fingerprint density at radius 3 is 2.62 bits per heavy atom. The van der Waals surface area contributed by atoms with E-state index in [1.807, 2.05) is 6.92 Å². The first-order chi connectivity index (χ1) is 10.0. The van der Waals surface area contributed by atoms with Gasteiger partial charge in [-0.15, -0.1) is 10.1 Å². The third kappa shape index (κ3) is 3.10. The van der Waals surface area contributed by atoms with Crippen LogP contribution in [0.3, 0.4) is 0 Å². The summed E-state index contributed by atoms with van der Waals surface area (Å²) in [6.07, 6.45) is 0.199. The van der Waals surface area contributed by atoms with Crippen LogP contribution in [0.1, 0.15) is 34.1 Å². The van der Waals surface area contributed by atoms with Crippen LogP contribution < -0.4 is 4.74 Å².